The van der Waals surface area contributed by atoms with Gasteiger partial charge in [-0.05, 0) is 84.3 Å². The molecule has 2 rings (SSSR count). The summed E-state index contributed by atoms with van der Waals surface area (Å²) in [5.74, 6) is 0.941. The Kier molecular flexibility index (Phi) is 6.15. The zero-order valence-electron chi connectivity index (χ0n) is 11.1. The number of likely N-dealkylation sites (tertiary alicyclic amines) is 1. The lowest BCUT2D eigenvalue weighted by Gasteiger charge is -2.30. The van der Waals surface area contributed by atoms with Gasteiger partial charge in [0.15, 0.2) is 0 Å². The number of rotatable bonds is 6. The smallest absolute Gasteiger partial charge is 0.0701 e. The van der Waals surface area contributed by atoms with Crippen molar-refractivity contribution in [3.05, 3.63) is 20.8 Å². The van der Waals surface area contributed by atoms with Crippen LogP contribution in [-0.4, -0.2) is 31.1 Å². The highest BCUT2D eigenvalue weighted by Crippen LogP contribution is 2.20. The van der Waals surface area contributed by atoms with E-state index in [0.29, 0.717) is 0 Å². The van der Waals surface area contributed by atoms with Crippen molar-refractivity contribution in [2.75, 3.05) is 26.2 Å². The van der Waals surface area contributed by atoms with Gasteiger partial charge in [0.25, 0.3) is 0 Å². The zero-order valence-corrected chi connectivity index (χ0v) is 13.5. The Labute approximate surface area is 123 Å². The molecule has 4 heteroatoms. The maximum atomic E-state index is 3.52. The third-order valence-corrected chi connectivity index (χ3v) is 5.21. The monoisotopic (exact) mass is 330 g/mol. The number of halogens is 1. The van der Waals surface area contributed by atoms with E-state index in [-0.39, 0.29) is 0 Å². The molecule has 0 unspecified atom stereocenters. The van der Waals surface area contributed by atoms with E-state index in [1.807, 2.05) is 0 Å². The molecule has 102 valence electrons. The minimum atomic E-state index is 0.941. The SMILES string of the molecule is CC1CCN(CCCNCc2csc(Br)c2)CC1. The van der Waals surface area contributed by atoms with E-state index in [4.69, 9.17) is 0 Å². The molecule has 0 aliphatic carbocycles. The highest BCUT2D eigenvalue weighted by atomic mass is 79.9. The van der Waals surface area contributed by atoms with Crippen LogP contribution in [0.15, 0.2) is 15.2 Å². The molecule has 0 spiro atoms. The predicted molar refractivity (Wildman–Crippen MR) is 83.2 cm³/mol. The van der Waals surface area contributed by atoms with Gasteiger partial charge in [-0.25, -0.2) is 0 Å². The molecule has 0 saturated carbocycles. The molecular weight excluding hydrogens is 308 g/mol. The molecule has 1 N–H and O–H groups in total. The zero-order chi connectivity index (χ0) is 12.8. The second kappa shape index (κ2) is 7.63. The lowest BCUT2D eigenvalue weighted by molar-refractivity contribution is 0.190. The van der Waals surface area contributed by atoms with Crippen LogP contribution in [0.3, 0.4) is 0 Å². The van der Waals surface area contributed by atoms with Crippen molar-refractivity contribution >= 4 is 27.3 Å². The van der Waals surface area contributed by atoms with Gasteiger partial charge in [-0.3, -0.25) is 0 Å². The molecule has 0 amide bonds. The van der Waals surface area contributed by atoms with Crippen LogP contribution in [0, 0.1) is 5.92 Å². The summed E-state index contributed by atoms with van der Waals surface area (Å²) in [6.07, 6.45) is 4.03. The summed E-state index contributed by atoms with van der Waals surface area (Å²) in [5.41, 5.74) is 1.39. The van der Waals surface area contributed by atoms with Crippen molar-refractivity contribution in [1.82, 2.24) is 10.2 Å². The first kappa shape index (κ1) is 14.5. The molecule has 1 aromatic rings. The molecule has 0 radical (unpaired) electrons. The Morgan fingerprint density at radius 2 is 2.22 bits per heavy atom. The molecule has 18 heavy (non-hydrogen) atoms. The van der Waals surface area contributed by atoms with Gasteiger partial charge < -0.3 is 10.2 Å². The molecule has 1 aliphatic rings. The van der Waals surface area contributed by atoms with E-state index < -0.39 is 0 Å². The molecule has 1 aromatic heterocycles. The Morgan fingerprint density at radius 1 is 1.44 bits per heavy atom. The van der Waals surface area contributed by atoms with Gasteiger partial charge >= 0.3 is 0 Å². The predicted octanol–water partition coefficient (Wildman–Crippen LogP) is 3.72. The summed E-state index contributed by atoms with van der Waals surface area (Å²) in [5, 5.41) is 5.73. The first-order valence-corrected chi connectivity index (χ1v) is 8.57. The highest BCUT2D eigenvalue weighted by Gasteiger charge is 2.14. The van der Waals surface area contributed by atoms with E-state index in [1.54, 1.807) is 11.3 Å². The molecule has 0 bridgehead atoms. The third-order valence-electron chi connectivity index (χ3n) is 3.66. The highest BCUT2D eigenvalue weighted by molar-refractivity contribution is 9.11. The molecule has 1 fully saturated rings. The van der Waals surface area contributed by atoms with Crippen molar-refractivity contribution in [2.45, 2.75) is 32.7 Å². The summed E-state index contributed by atoms with van der Waals surface area (Å²) < 4.78 is 1.22. The standard InChI is InChI=1S/C14H23BrN2S/c1-12-3-7-17(8-4-12)6-2-5-16-10-13-9-14(15)18-11-13/h9,11-12,16H,2-8,10H2,1H3. The average molecular weight is 331 g/mol. The summed E-state index contributed by atoms with van der Waals surface area (Å²) in [6.45, 7) is 8.36. The van der Waals surface area contributed by atoms with Crippen LogP contribution in [0.1, 0.15) is 31.7 Å². The van der Waals surface area contributed by atoms with Crippen molar-refractivity contribution in [3.8, 4) is 0 Å². The van der Waals surface area contributed by atoms with Gasteiger partial charge in [-0.1, -0.05) is 6.92 Å². The van der Waals surface area contributed by atoms with E-state index in [9.17, 15) is 0 Å². The summed E-state index contributed by atoms with van der Waals surface area (Å²) in [6, 6.07) is 2.20. The first-order valence-electron chi connectivity index (χ1n) is 6.90. The number of hydrogen-bond donors (Lipinski definition) is 1. The van der Waals surface area contributed by atoms with Crippen molar-refractivity contribution in [3.63, 3.8) is 0 Å². The summed E-state index contributed by atoms with van der Waals surface area (Å²) in [4.78, 5) is 2.61. The summed E-state index contributed by atoms with van der Waals surface area (Å²) in [7, 11) is 0. The van der Waals surface area contributed by atoms with Crippen LogP contribution in [0.4, 0.5) is 0 Å². The average Bonchev–Trinajstić information content (AvgIpc) is 2.77. The fraction of sp³-hybridized carbons (Fsp3) is 0.714. The fourth-order valence-electron chi connectivity index (χ4n) is 2.38. The molecule has 2 nitrogen and oxygen atoms in total. The van der Waals surface area contributed by atoms with Crippen molar-refractivity contribution < 1.29 is 0 Å². The van der Waals surface area contributed by atoms with Gasteiger partial charge in [0.1, 0.15) is 0 Å². The molecule has 1 aliphatic heterocycles. The van der Waals surface area contributed by atoms with E-state index in [0.717, 1.165) is 19.0 Å². The second-order valence-electron chi connectivity index (χ2n) is 5.31. The molecule has 1 saturated heterocycles. The number of hydrogen-bond acceptors (Lipinski definition) is 3. The van der Waals surface area contributed by atoms with Gasteiger partial charge in [0.05, 0.1) is 3.79 Å². The van der Waals surface area contributed by atoms with Gasteiger partial charge in [-0.15, -0.1) is 11.3 Å². The number of thiophene rings is 1. The Bertz CT molecular complexity index is 345. The van der Waals surface area contributed by atoms with Crippen LogP contribution in [0.5, 0.6) is 0 Å². The van der Waals surface area contributed by atoms with E-state index >= 15 is 0 Å². The van der Waals surface area contributed by atoms with Gasteiger partial charge in [0.2, 0.25) is 0 Å². The first-order chi connectivity index (χ1) is 8.74. The number of nitrogens with one attached hydrogen (secondary N) is 1. The molecular formula is C14H23BrN2S. The van der Waals surface area contributed by atoms with Crippen LogP contribution in [0.25, 0.3) is 0 Å². The number of piperidine rings is 1. The second-order valence-corrected chi connectivity index (χ2v) is 7.60. The Balaban J connectivity index is 1.51. The Morgan fingerprint density at radius 3 is 2.89 bits per heavy atom. The van der Waals surface area contributed by atoms with E-state index in [2.05, 4.69) is 44.5 Å². The third kappa shape index (κ3) is 5.00. The van der Waals surface area contributed by atoms with Crippen molar-refractivity contribution in [2.24, 2.45) is 5.92 Å². The minimum Gasteiger partial charge on any atom is -0.313 e. The van der Waals surface area contributed by atoms with E-state index in [1.165, 1.54) is 48.2 Å². The summed E-state index contributed by atoms with van der Waals surface area (Å²) >= 11 is 5.26. The Hall–Kier alpha value is 0.100. The molecule has 0 atom stereocenters. The maximum absolute atomic E-state index is 3.52. The van der Waals surface area contributed by atoms with Gasteiger partial charge in [0, 0.05) is 6.54 Å². The number of nitrogens with zero attached hydrogens (tertiary/aromatic N) is 1. The molecule has 0 aromatic carbocycles. The maximum Gasteiger partial charge on any atom is 0.0701 e. The minimum absolute atomic E-state index is 0.941. The van der Waals surface area contributed by atoms with Gasteiger partial charge in [-0.2, -0.15) is 0 Å². The lowest BCUT2D eigenvalue weighted by Crippen LogP contribution is -2.34. The topological polar surface area (TPSA) is 15.3 Å². The quantitative estimate of drug-likeness (QED) is 0.799. The largest absolute Gasteiger partial charge is 0.313 e. The van der Waals surface area contributed by atoms with Crippen LogP contribution < -0.4 is 5.32 Å². The normalized spacial score (nSPS) is 18.3. The van der Waals surface area contributed by atoms with Crippen molar-refractivity contribution in [1.29, 1.82) is 0 Å². The van der Waals surface area contributed by atoms with Crippen LogP contribution in [0.2, 0.25) is 0 Å². The fourth-order valence-corrected chi connectivity index (χ4v) is 3.59. The lowest BCUT2D eigenvalue weighted by atomic mass is 9.99. The van der Waals surface area contributed by atoms with Crippen LogP contribution in [-0.2, 0) is 6.54 Å². The molecule has 2 heterocycles. The van der Waals surface area contributed by atoms with Crippen LogP contribution >= 0.6 is 27.3 Å².